The van der Waals surface area contributed by atoms with Gasteiger partial charge in [0.1, 0.15) is 0 Å². The lowest BCUT2D eigenvalue weighted by atomic mass is 9.79. The molecule has 0 bridgehead atoms. The van der Waals surface area contributed by atoms with Crippen molar-refractivity contribution in [2.75, 3.05) is 44.7 Å². The molecule has 0 aliphatic carbocycles. The molecule has 3 aromatic rings. The van der Waals surface area contributed by atoms with Gasteiger partial charge in [0.15, 0.2) is 0 Å². The third kappa shape index (κ3) is 6.04. The van der Waals surface area contributed by atoms with Crippen LogP contribution in [0.3, 0.4) is 0 Å². The van der Waals surface area contributed by atoms with Gasteiger partial charge < -0.3 is 14.5 Å². The average molecular weight is 558 g/mol. The zero-order chi connectivity index (χ0) is 25.8. The van der Waals surface area contributed by atoms with E-state index < -0.39 is 0 Å². The van der Waals surface area contributed by atoms with E-state index in [2.05, 4.69) is 63.9 Å². The van der Waals surface area contributed by atoms with Crippen LogP contribution in [0.1, 0.15) is 54.9 Å². The van der Waals surface area contributed by atoms with E-state index in [1.807, 2.05) is 19.2 Å². The fourth-order valence-corrected chi connectivity index (χ4v) is 7.74. The van der Waals surface area contributed by atoms with Crippen molar-refractivity contribution in [3.05, 3.63) is 86.0 Å². The molecule has 0 amide bonds. The summed E-state index contributed by atoms with van der Waals surface area (Å²) in [4.78, 5) is 5.14. The molecular formula is C31H38Cl2N2OS. The van der Waals surface area contributed by atoms with Crippen molar-refractivity contribution in [2.45, 2.75) is 50.5 Å². The number of piperidine rings is 1. The number of aryl methyl sites for hydroxylation is 1. The molecule has 3 heterocycles. The number of hydrogen-bond acceptors (Lipinski definition) is 4. The summed E-state index contributed by atoms with van der Waals surface area (Å²) in [5, 5.41) is 6.11. The van der Waals surface area contributed by atoms with Crippen LogP contribution < -0.4 is 4.90 Å². The van der Waals surface area contributed by atoms with Crippen molar-refractivity contribution in [3.8, 4) is 0 Å². The molecule has 0 saturated carbocycles. The minimum Gasteiger partial charge on any atom is -0.377 e. The Kier molecular flexibility index (Phi) is 8.83. The number of thiophene rings is 1. The van der Waals surface area contributed by atoms with Gasteiger partial charge in [0.2, 0.25) is 0 Å². The number of nitrogens with zero attached hydrogens (tertiary/aromatic N) is 2. The van der Waals surface area contributed by atoms with E-state index in [9.17, 15) is 0 Å². The Labute approximate surface area is 236 Å². The summed E-state index contributed by atoms with van der Waals surface area (Å²) in [6, 6.07) is 17.0. The lowest BCUT2D eigenvalue weighted by Crippen LogP contribution is -2.46. The van der Waals surface area contributed by atoms with Gasteiger partial charge in [-0.05, 0) is 97.6 Å². The number of anilines is 1. The van der Waals surface area contributed by atoms with Crippen LogP contribution in [0.25, 0.3) is 0 Å². The summed E-state index contributed by atoms with van der Waals surface area (Å²) in [6.45, 7) is 7.44. The average Bonchev–Trinajstić information content (AvgIpc) is 3.60. The maximum atomic E-state index is 6.76. The van der Waals surface area contributed by atoms with Crippen LogP contribution in [0.4, 0.5) is 5.69 Å². The first-order valence-corrected chi connectivity index (χ1v) is 15.2. The zero-order valence-corrected chi connectivity index (χ0v) is 24.3. The van der Waals surface area contributed by atoms with Gasteiger partial charge in [-0.2, -0.15) is 11.3 Å². The third-order valence-electron chi connectivity index (χ3n) is 8.59. The van der Waals surface area contributed by atoms with Crippen LogP contribution in [0.5, 0.6) is 0 Å². The van der Waals surface area contributed by atoms with Crippen molar-refractivity contribution in [1.29, 1.82) is 0 Å². The van der Waals surface area contributed by atoms with E-state index in [0.29, 0.717) is 0 Å². The van der Waals surface area contributed by atoms with Crippen LogP contribution >= 0.6 is 34.5 Å². The Bertz CT molecular complexity index is 1150. The van der Waals surface area contributed by atoms with Crippen molar-refractivity contribution in [1.82, 2.24) is 4.90 Å². The summed E-state index contributed by atoms with van der Waals surface area (Å²) < 4.78 is 5.83. The Hall–Kier alpha value is -1.56. The molecule has 2 aliphatic rings. The zero-order valence-electron chi connectivity index (χ0n) is 22.0. The second-order valence-electron chi connectivity index (χ2n) is 10.9. The van der Waals surface area contributed by atoms with Crippen LogP contribution in [-0.4, -0.2) is 44.7 Å². The number of rotatable bonds is 9. The number of ether oxygens (including phenoxy) is 1. The second kappa shape index (κ2) is 12.1. The standard InChI is InChI=1S/C31H38Cl2N2OS/c1-23-8-10-27(32)30(29(23)33)35-18-15-31(22-35,26-14-19-37-20-26)21-34-16-12-24(13-17-34)9-11-28(36-2)25-6-4-3-5-7-25/h3-8,10,14,19-20,24,28H,9,11-13,15-18,21-22H2,1-2H3/t28-,31-/m0/s1. The first kappa shape index (κ1) is 27.0. The fourth-order valence-electron chi connectivity index (χ4n) is 6.35. The summed E-state index contributed by atoms with van der Waals surface area (Å²) in [5.41, 5.74) is 4.95. The summed E-state index contributed by atoms with van der Waals surface area (Å²) in [7, 11) is 1.84. The van der Waals surface area contributed by atoms with E-state index in [0.717, 1.165) is 59.7 Å². The number of hydrogen-bond donors (Lipinski definition) is 0. The smallest absolute Gasteiger partial charge is 0.0821 e. The maximum absolute atomic E-state index is 6.76. The van der Waals surface area contributed by atoms with Crippen LogP contribution in [-0.2, 0) is 10.2 Å². The van der Waals surface area contributed by atoms with Gasteiger partial charge in [-0.15, -0.1) is 0 Å². The molecule has 3 nitrogen and oxygen atoms in total. The lowest BCUT2D eigenvalue weighted by Gasteiger charge is -2.39. The maximum Gasteiger partial charge on any atom is 0.0821 e. The Balaban J connectivity index is 1.22. The largest absolute Gasteiger partial charge is 0.377 e. The number of halogens is 2. The van der Waals surface area contributed by atoms with E-state index in [4.69, 9.17) is 27.9 Å². The molecule has 2 fully saturated rings. The third-order valence-corrected chi connectivity index (χ3v) is 10.1. The van der Waals surface area contributed by atoms with Crippen molar-refractivity contribution in [2.24, 2.45) is 5.92 Å². The van der Waals surface area contributed by atoms with Gasteiger partial charge >= 0.3 is 0 Å². The highest BCUT2D eigenvalue weighted by Gasteiger charge is 2.42. The van der Waals surface area contributed by atoms with E-state index in [1.54, 1.807) is 11.3 Å². The topological polar surface area (TPSA) is 15.7 Å². The molecule has 2 saturated heterocycles. The van der Waals surface area contributed by atoms with Crippen molar-refractivity contribution in [3.63, 3.8) is 0 Å². The van der Waals surface area contributed by atoms with Gasteiger partial charge in [0.25, 0.3) is 0 Å². The van der Waals surface area contributed by atoms with Crippen molar-refractivity contribution >= 4 is 40.2 Å². The van der Waals surface area contributed by atoms with Gasteiger partial charge in [0, 0.05) is 32.2 Å². The first-order valence-electron chi connectivity index (χ1n) is 13.5. The molecule has 6 heteroatoms. The van der Waals surface area contributed by atoms with E-state index >= 15 is 0 Å². The normalized spacial score (nSPS) is 22.0. The molecule has 5 rings (SSSR count). The molecule has 198 valence electrons. The SMILES string of the molecule is CO[C@@H](CCC1CCN(C[C@@]2(c3ccsc3)CCN(c3c(Cl)ccc(C)c3Cl)C2)CC1)c1ccccc1. The molecule has 0 radical (unpaired) electrons. The quantitative estimate of drug-likeness (QED) is 0.263. The molecule has 0 N–H and O–H groups in total. The Morgan fingerprint density at radius 3 is 2.54 bits per heavy atom. The molecule has 2 atom stereocenters. The van der Waals surface area contributed by atoms with Crippen LogP contribution in [0, 0.1) is 12.8 Å². The van der Waals surface area contributed by atoms with Gasteiger partial charge in [-0.3, -0.25) is 0 Å². The molecule has 2 aromatic carbocycles. The van der Waals surface area contributed by atoms with Crippen LogP contribution in [0.2, 0.25) is 10.0 Å². The molecule has 37 heavy (non-hydrogen) atoms. The highest BCUT2D eigenvalue weighted by molar-refractivity contribution is 7.08. The molecule has 1 aromatic heterocycles. The minimum absolute atomic E-state index is 0.109. The Morgan fingerprint density at radius 2 is 1.84 bits per heavy atom. The monoisotopic (exact) mass is 556 g/mol. The molecular weight excluding hydrogens is 519 g/mol. The summed E-state index contributed by atoms with van der Waals surface area (Å²) >= 11 is 15.2. The predicted octanol–water partition coefficient (Wildman–Crippen LogP) is 8.39. The molecule has 2 aliphatic heterocycles. The number of benzene rings is 2. The highest BCUT2D eigenvalue weighted by atomic mass is 35.5. The Morgan fingerprint density at radius 1 is 1.05 bits per heavy atom. The predicted molar refractivity (Wildman–Crippen MR) is 159 cm³/mol. The highest BCUT2D eigenvalue weighted by Crippen LogP contribution is 2.44. The minimum atomic E-state index is 0.109. The second-order valence-corrected chi connectivity index (χ2v) is 12.5. The van der Waals surface area contributed by atoms with Gasteiger partial charge in [0.05, 0.1) is 21.8 Å². The van der Waals surface area contributed by atoms with Crippen molar-refractivity contribution < 1.29 is 4.74 Å². The van der Waals surface area contributed by atoms with Crippen LogP contribution in [0.15, 0.2) is 59.3 Å². The summed E-state index contributed by atoms with van der Waals surface area (Å²) in [5.74, 6) is 0.777. The molecule has 0 unspecified atom stereocenters. The van der Waals surface area contributed by atoms with Gasteiger partial charge in [-0.25, -0.2) is 0 Å². The van der Waals surface area contributed by atoms with E-state index in [1.165, 1.54) is 43.5 Å². The lowest BCUT2D eigenvalue weighted by molar-refractivity contribution is 0.0808. The van der Waals surface area contributed by atoms with Gasteiger partial charge in [-0.1, -0.05) is 59.6 Å². The molecule has 0 spiro atoms. The fraction of sp³-hybridized carbons (Fsp3) is 0.484. The first-order chi connectivity index (χ1) is 18.0. The van der Waals surface area contributed by atoms with E-state index in [-0.39, 0.29) is 11.5 Å². The number of methoxy groups -OCH3 is 1. The summed E-state index contributed by atoms with van der Waals surface area (Å²) in [6.07, 6.45) is 6.18. The number of likely N-dealkylation sites (tertiary alicyclic amines) is 1.